The van der Waals surface area contributed by atoms with Crippen LogP contribution in [0, 0.1) is 0 Å². The number of imide groups is 1. The van der Waals surface area contributed by atoms with Crippen LogP contribution in [0.25, 0.3) is 21.8 Å². The van der Waals surface area contributed by atoms with Crippen LogP contribution in [0.1, 0.15) is 36.1 Å². The van der Waals surface area contributed by atoms with Gasteiger partial charge in [-0.3, -0.25) is 33.2 Å². The van der Waals surface area contributed by atoms with Gasteiger partial charge in [0.1, 0.15) is 11.9 Å². The summed E-state index contributed by atoms with van der Waals surface area (Å²) in [5.74, 6) is -0.648. The van der Waals surface area contributed by atoms with E-state index < -0.39 is 17.9 Å². The van der Waals surface area contributed by atoms with Crippen molar-refractivity contribution in [1.82, 2.24) is 19.0 Å². The average molecular weight is 428 g/mol. The Morgan fingerprint density at radius 2 is 1.66 bits per heavy atom. The summed E-state index contributed by atoms with van der Waals surface area (Å²) in [4.78, 5) is 56.8. The monoisotopic (exact) mass is 428 g/mol. The van der Waals surface area contributed by atoms with Gasteiger partial charge >= 0.3 is 0 Å². The maximum atomic E-state index is 13.4. The van der Waals surface area contributed by atoms with Gasteiger partial charge in [0, 0.05) is 31.9 Å². The van der Waals surface area contributed by atoms with E-state index >= 15 is 0 Å². The molecule has 5 rings (SSSR count). The summed E-state index contributed by atoms with van der Waals surface area (Å²) >= 11 is 0. The zero-order valence-electron chi connectivity index (χ0n) is 17.6. The smallest absolute Gasteiger partial charge is 0.262 e. The van der Waals surface area contributed by atoms with E-state index in [0.717, 1.165) is 21.4 Å². The zero-order valence-corrected chi connectivity index (χ0v) is 17.6. The van der Waals surface area contributed by atoms with Crippen LogP contribution in [0.2, 0.25) is 0 Å². The van der Waals surface area contributed by atoms with Gasteiger partial charge in [0.15, 0.2) is 0 Å². The molecule has 0 unspecified atom stereocenters. The molecule has 1 aliphatic rings. The molecule has 0 bridgehead atoms. The Balaban J connectivity index is 1.72. The molecule has 0 saturated carbocycles. The summed E-state index contributed by atoms with van der Waals surface area (Å²) < 4.78 is 2.94. The molecule has 4 aromatic rings. The van der Waals surface area contributed by atoms with Crippen molar-refractivity contribution in [2.45, 2.75) is 32.9 Å². The van der Waals surface area contributed by atoms with E-state index in [1.807, 2.05) is 24.3 Å². The quantitative estimate of drug-likeness (QED) is 0.489. The van der Waals surface area contributed by atoms with Crippen molar-refractivity contribution in [3.05, 3.63) is 76.5 Å². The minimum absolute atomic E-state index is 0.0556. The number of amides is 2. The lowest BCUT2D eigenvalue weighted by Gasteiger charge is -2.33. The highest BCUT2D eigenvalue weighted by Gasteiger charge is 2.37. The Hall–Kier alpha value is -4.07. The summed E-state index contributed by atoms with van der Waals surface area (Å²) in [5, 5.41) is 1.23. The van der Waals surface area contributed by atoms with Crippen LogP contribution in [0.5, 0.6) is 0 Å². The molecule has 3 heterocycles. The van der Waals surface area contributed by atoms with E-state index in [9.17, 15) is 19.2 Å². The molecule has 8 heteroatoms. The summed E-state index contributed by atoms with van der Waals surface area (Å²) in [5.41, 5.74) is 1.67. The minimum Gasteiger partial charge on any atom is -0.287 e. The molecule has 32 heavy (non-hydrogen) atoms. The van der Waals surface area contributed by atoms with Gasteiger partial charge in [-0.1, -0.05) is 30.3 Å². The average Bonchev–Trinajstić information content (AvgIpc) is 3.14. The van der Waals surface area contributed by atoms with Gasteiger partial charge in [0.25, 0.3) is 11.5 Å². The van der Waals surface area contributed by atoms with E-state index in [1.165, 1.54) is 23.0 Å². The van der Waals surface area contributed by atoms with E-state index in [0.29, 0.717) is 16.7 Å². The third kappa shape index (κ3) is 2.95. The zero-order chi connectivity index (χ0) is 22.6. The molecule has 0 N–H and O–H groups in total. The summed E-state index contributed by atoms with van der Waals surface area (Å²) in [6.45, 7) is 2.74. The second kappa shape index (κ2) is 7.26. The molecule has 1 aliphatic heterocycles. The third-order valence-electron chi connectivity index (χ3n) is 5.97. The van der Waals surface area contributed by atoms with Crippen molar-refractivity contribution >= 4 is 39.5 Å². The second-order valence-corrected chi connectivity index (χ2v) is 7.94. The van der Waals surface area contributed by atoms with Crippen LogP contribution in [0.4, 0.5) is 0 Å². The van der Waals surface area contributed by atoms with Gasteiger partial charge in [-0.05, 0) is 23.8 Å². The molecular formula is C24H20N4O4. The fourth-order valence-corrected chi connectivity index (χ4v) is 4.46. The summed E-state index contributed by atoms with van der Waals surface area (Å²) in [6, 6.07) is 13.4. The Morgan fingerprint density at radius 3 is 2.38 bits per heavy atom. The number of hydrogen-bond acceptors (Lipinski definition) is 5. The fourth-order valence-electron chi connectivity index (χ4n) is 4.46. The largest absolute Gasteiger partial charge is 0.287 e. The normalized spacial score (nSPS) is 15.9. The van der Waals surface area contributed by atoms with Crippen LogP contribution in [0.3, 0.4) is 0 Å². The van der Waals surface area contributed by atoms with Crippen molar-refractivity contribution in [2.75, 3.05) is 0 Å². The van der Waals surface area contributed by atoms with Crippen molar-refractivity contribution in [3.8, 4) is 0 Å². The van der Waals surface area contributed by atoms with Crippen LogP contribution in [0.15, 0.2) is 59.5 Å². The van der Waals surface area contributed by atoms with Crippen molar-refractivity contribution in [3.63, 3.8) is 0 Å². The Bertz CT molecular complexity index is 1500. The SMILES string of the molecule is CC(=O)N1Cc2nc3ccccc3c(=O)n2[C@@H](Cc2cn(C(C)=O)c3ccccc23)C1=O. The number of carbonyl (C=O) groups excluding carboxylic acids is 3. The number of hydrogen-bond donors (Lipinski definition) is 0. The Morgan fingerprint density at radius 1 is 0.969 bits per heavy atom. The number of para-hydroxylation sites is 2. The maximum absolute atomic E-state index is 13.4. The van der Waals surface area contributed by atoms with E-state index in [-0.39, 0.29) is 24.4 Å². The van der Waals surface area contributed by atoms with Gasteiger partial charge in [0.05, 0.1) is 23.0 Å². The molecule has 0 spiro atoms. The van der Waals surface area contributed by atoms with Gasteiger partial charge in [0.2, 0.25) is 11.8 Å². The number of fused-ring (bicyclic) bond motifs is 3. The van der Waals surface area contributed by atoms with Crippen molar-refractivity contribution in [1.29, 1.82) is 0 Å². The minimum atomic E-state index is -0.946. The maximum Gasteiger partial charge on any atom is 0.262 e. The molecule has 1 atom stereocenters. The summed E-state index contributed by atoms with van der Waals surface area (Å²) in [6.07, 6.45) is 1.85. The second-order valence-electron chi connectivity index (χ2n) is 7.94. The highest BCUT2D eigenvalue weighted by atomic mass is 16.2. The van der Waals surface area contributed by atoms with Crippen LogP contribution in [-0.4, -0.2) is 36.7 Å². The van der Waals surface area contributed by atoms with Crippen molar-refractivity contribution in [2.24, 2.45) is 0 Å². The van der Waals surface area contributed by atoms with E-state index in [2.05, 4.69) is 4.98 Å². The first-order valence-corrected chi connectivity index (χ1v) is 10.3. The number of carbonyl (C=O) groups is 3. The Kier molecular flexibility index (Phi) is 4.51. The summed E-state index contributed by atoms with van der Waals surface area (Å²) in [7, 11) is 0. The molecule has 0 saturated heterocycles. The van der Waals surface area contributed by atoms with Gasteiger partial charge in [-0.25, -0.2) is 4.98 Å². The number of rotatable bonds is 2. The van der Waals surface area contributed by atoms with Gasteiger partial charge in [-0.15, -0.1) is 0 Å². The van der Waals surface area contributed by atoms with Crippen molar-refractivity contribution < 1.29 is 14.4 Å². The first-order valence-electron chi connectivity index (χ1n) is 10.3. The molecule has 8 nitrogen and oxygen atoms in total. The first kappa shape index (κ1) is 19.9. The molecular weight excluding hydrogens is 408 g/mol. The van der Waals surface area contributed by atoms with Crippen LogP contribution in [-0.2, 0) is 22.6 Å². The van der Waals surface area contributed by atoms with Gasteiger partial charge < -0.3 is 0 Å². The molecule has 0 radical (unpaired) electrons. The number of aromatic nitrogens is 3. The fraction of sp³-hybridized carbons (Fsp3) is 0.208. The van der Waals surface area contributed by atoms with Crippen LogP contribution < -0.4 is 5.56 Å². The first-order chi connectivity index (χ1) is 15.4. The lowest BCUT2D eigenvalue weighted by Crippen LogP contribution is -2.49. The molecule has 2 amide bonds. The Labute approximate surface area is 182 Å². The standard InChI is InChI=1S/C24H20N4O4/c1-14(29)26-12-16(17-7-4-6-10-20(17)26)11-21-24(32)27(15(2)30)13-22-25-19-9-5-3-8-18(19)23(31)28(21)22/h3-10,12,21H,11,13H2,1-2H3/t21-/m0/s1. The van der Waals surface area contributed by atoms with Gasteiger partial charge in [-0.2, -0.15) is 0 Å². The van der Waals surface area contributed by atoms with E-state index in [1.54, 1.807) is 30.5 Å². The topological polar surface area (TPSA) is 94.3 Å². The van der Waals surface area contributed by atoms with Crippen LogP contribution >= 0.6 is 0 Å². The lowest BCUT2D eigenvalue weighted by molar-refractivity contribution is -0.148. The molecule has 0 fully saturated rings. The molecule has 160 valence electrons. The third-order valence-corrected chi connectivity index (χ3v) is 5.97. The predicted octanol–water partition coefficient (Wildman–Crippen LogP) is 2.68. The number of benzene rings is 2. The molecule has 2 aromatic heterocycles. The van der Waals surface area contributed by atoms with E-state index in [4.69, 9.17) is 0 Å². The highest BCUT2D eigenvalue weighted by Crippen LogP contribution is 2.29. The number of nitrogens with zero attached hydrogens (tertiary/aromatic N) is 4. The highest BCUT2D eigenvalue weighted by molar-refractivity contribution is 5.98. The molecule has 0 aliphatic carbocycles. The predicted molar refractivity (Wildman–Crippen MR) is 118 cm³/mol. The molecule has 2 aromatic carbocycles. The lowest BCUT2D eigenvalue weighted by atomic mass is 10.0.